The average molecular weight is 209 g/mol. The van der Waals surface area contributed by atoms with Crippen LogP contribution in [0.3, 0.4) is 0 Å². The third kappa shape index (κ3) is 24.5. The van der Waals surface area contributed by atoms with Crippen molar-refractivity contribution in [2.24, 2.45) is 0 Å². The zero-order chi connectivity index (χ0) is 4.99. The second kappa shape index (κ2) is 18.2. The third-order valence-corrected chi connectivity index (χ3v) is 0.328. The molecule has 0 fully saturated rings. The molecule has 0 aromatic rings. The van der Waals surface area contributed by atoms with E-state index in [0.29, 0.717) is 0 Å². The van der Waals surface area contributed by atoms with E-state index in [-0.39, 0.29) is 161 Å². The molecule has 0 saturated carbocycles. The Morgan fingerprint density at radius 3 is 1.78 bits per heavy atom. The van der Waals surface area contributed by atoms with E-state index in [0.717, 1.165) is 0 Å². The zero-order valence-corrected chi connectivity index (χ0v) is 3.56. The van der Waals surface area contributed by atoms with E-state index in [2.05, 4.69) is 5.32 Å². The summed E-state index contributed by atoms with van der Waals surface area (Å²) in [6.07, 6.45) is 0. The molecule has 0 aromatic carbocycles. The van der Waals surface area contributed by atoms with Crippen molar-refractivity contribution in [2.45, 2.75) is 0 Å². The number of carboxylic acid groups (broad SMARTS) is 1. The molecule has 0 radical (unpaired) electrons. The van der Waals surface area contributed by atoms with Crippen molar-refractivity contribution in [2.75, 3.05) is 13.6 Å². The third-order valence-electron chi connectivity index (χ3n) is 0.328. The van der Waals surface area contributed by atoms with Crippen LogP contribution in [0.1, 0.15) is 0 Å². The van der Waals surface area contributed by atoms with Gasteiger partial charge in [-0.1, -0.05) is 0 Å². The van der Waals surface area contributed by atoms with Crippen molar-refractivity contribution in [1.29, 1.82) is 0 Å². The molecule has 0 atom stereocenters. The predicted molar refractivity (Wildman–Crippen MR) is 43.0 cm³/mol. The molecular weight excluding hydrogens is 199 g/mol. The fraction of sp³-hybridized carbons (Fsp3) is 0.667. The molecule has 2 N–H and O–H groups in total. The maximum atomic E-state index is 9.54. The quantitative estimate of drug-likeness (QED) is 0.488. The summed E-state index contributed by atoms with van der Waals surface area (Å²) in [4.78, 5) is 9.54. The Balaban J connectivity index is -0.0000000417. The first kappa shape index (κ1) is 23.3. The van der Waals surface area contributed by atoms with Crippen molar-refractivity contribution in [3.8, 4) is 0 Å². The molecule has 6 heteroatoms. The van der Waals surface area contributed by atoms with Crippen molar-refractivity contribution >= 4 is 160 Å². The molecule has 0 aliphatic rings. The molecule has 0 heterocycles. The molecule has 0 aliphatic heterocycles. The summed E-state index contributed by atoms with van der Waals surface area (Å²) in [5.41, 5.74) is 0. The van der Waals surface area contributed by atoms with Crippen molar-refractivity contribution in [1.82, 2.24) is 5.32 Å². The Kier molecular flexibility index (Phi) is 47.1. The number of aliphatic carboxylic acids is 1. The van der Waals surface area contributed by atoms with Crippen molar-refractivity contribution in [3.63, 3.8) is 0 Å². The van der Waals surface area contributed by atoms with Crippen LogP contribution in [-0.2, 0) is 4.79 Å². The molecule has 0 saturated heterocycles. The zero-order valence-electron chi connectivity index (χ0n) is 3.56. The first-order chi connectivity index (χ1) is 2.77. The summed E-state index contributed by atoms with van der Waals surface area (Å²) in [7, 11) is 1.59. The van der Waals surface area contributed by atoms with E-state index in [1.54, 1.807) is 7.05 Å². The number of carbonyl (C=O) groups is 1. The topological polar surface area (TPSA) is 49.3 Å². The fourth-order valence-corrected chi connectivity index (χ4v) is 0.151. The van der Waals surface area contributed by atoms with Gasteiger partial charge in [-0.3, -0.25) is 4.79 Å². The van der Waals surface area contributed by atoms with Gasteiger partial charge in [0.15, 0.2) is 0 Å². The Hall–Kier alpha value is 4.34. The second-order valence-electron chi connectivity index (χ2n) is 0.924. The van der Waals surface area contributed by atoms with E-state index in [1.807, 2.05) is 0 Å². The van der Waals surface area contributed by atoms with Crippen LogP contribution in [0.2, 0.25) is 0 Å². The molecule has 3 nitrogen and oxygen atoms in total. The fourth-order valence-electron chi connectivity index (χ4n) is 0.151. The molecule has 0 amide bonds. The monoisotopic (exact) mass is 209 g/mol. The van der Waals surface area contributed by atoms with Gasteiger partial charge >= 0.3 is 160 Å². The van der Waals surface area contributed by atoms with E-state index < -0.39 is 5.97 Å². The first-order valence-corrected chi connectivity index (χ1v) is 1.63. The molecule has 0 bridgehead atoms. The molecule has 42 valence electrons. The minimum absolute atomic E-state index is 0. The van der Waals surface area contributed by atoms with E-state index in [1.165, 1.54) is 0 Å². The molecule has 0 unspecified atom stereocenters. The van der Waals surface area contributed by atoms with Gasteiger partial charge in [-0.2, -0.15) is 0 Å². The second-order valence-corrected chi connectivity index (χ2v) is 0.924. The van der Waals surface area contributed by atoms with Crippen LogP contribution in [0.5, 0.6) is 0 Å². The van der Waals surface area contributed by atoms with Crippen LogP contribution in [-0.4, -0.2) is 179 Å². The summed E-state index contributed by atoms with van der Waals surface area (Å²) < 4.78 is 0. The maximum absolute atomic E-state index is 9.54. The summed E-state index contributed by atoms with van der Waals surface area (Å²) in [5.74, 6) is -0.822. The van der Waals surface area contributed by atoms with Crippen LogP contribution in [0.15, 0.2) is 0 Å². The number of likely N-dealkylation sites (N-methyl/N-ethyl adjacent to an activating group) is 1. The summed E-state index contributed by atoms with van der Waals surface area (Å²) >= 11 is 0. The number of hydrogen-bond acceptors (Lipinski definition) is 2. The Bertz CT molecular complexity index is 61.0. The number of rotatable bonds is 2. The molecular formula is C3H10K3NO2. The molecule has 0 spiro atoms. The van der Waals surface area contributed by atoms with E-state index >= 15 is 0 Å². The van der Waals surface area contributed by atoms with Gasteiger partial charge in [-0.25, -0.2) is 0 Å². The number of carboxylic acids is 1. The normalized spacial score (nSPS) is 5.44. The SMILES string of the molecule is CNCC(=O)O.[KH].[KH].[KH]. The first-order valence-electron chi connectivity index (χ1n) is 1.63. The van der Waals surface area contributed by atoms with Gasteiger partial charge in [0.2, 0.25) is 0 Å². The average Bonchev–Trinajstić information content (AvgIpc) is 1.35. The number of nitrogens with one attached hydrogen (secondary N) is 1. The molecule has 9 heavy (non-hydrogen) atoms. The Morgan fingerprint density at radius 1 is 1.44 bits per heavy atom. The minimum atomic E-state index is -0.822. The predicted octanol–water partition coefficient (Wildman–Crippen LogP) is -2.66. The summed E-state index contributed by atoms with van der Waals surface area (Å²) in [5, 5.41) is 10.3. The van der Waals surface area contributed by atoms with Crippen LogP contribution >= 0.6 is 0 Å². The van der Waals surface area contributed by atoms with Crippen molar-refractivity contribution in [3.05, 3.63) is 0 Å². The van der Waals surface area contributed by atoms with Gasteiger partial charge in [0.25, 0.3) is 0 Å². The Labute approximate surface area is 183 Å². The summed E-state index contributed by atoms with van der Waals surface area (Å²) in [6, 6.07) is 0. The Morgan fingerprint density at radius 2 is 1.78 bits per heavy atom. The van der Waals surface area contributed by atoms with Gasteiger partial charge in [0.1, 0.15) is 0 Å². The van der Waals surface area contributed by atoms with Crippen LogP contribution in [0, 0.1) is 0 Å². The van der Waals surface area contributed by atoms with Crippen LogP contribution < -0.4 is 5.32 Å². The van der Waals surface area contributed by atoms with Gasteiger partial charge in [-0.15, -0.1) is 0 Å². The molecule has 0 aromatic heterocycles. The van der Waals surface area contributed by atoms with Crippen LogP contribution in [0.25, 0.3) is 0 Å². The van der Waals surface area contributed by atoms with E-state index in [9.17, 15) is 4.79 Å². The van der Waals surface area contributed by atoms with Crippen LogP contribution in [0.4, 0.5) is 0 Å². The van der Waals surface area contributed by atoms with Gasteiger partial charge in [0, 0.05) is 0 Å². The number of hydrogen-bond donors (Lipinski definition) is 2. The van der Waals surface area contributed by atoms with Gasteiger partial charge < -0.3 is 10.4 Å². The van der Waals surface area contributed by atoms with Gasteiger partial charge in [-0.05, 0) is 7.05 Å². The van der Waals surface area contributed by atoms with E-state index in [4.69, 9.17) is 5.11 Å². The molecule has 0 aliphatic carbocycles. The summed E-state index contributed by atoms with van der Waals surface area (Å²) in [6.45, 7) is 0.0417. The molecule has 0 rings (SSSR count). The van der Waals surface area contributed by atoms with Gasteiger partial charge in [0.05, 0.1) is 6.54 Å². The van der Waals surface area contributed by atoms with Crippen molar-refractivity contribution < 1.29 is 9.90 Å². The standard InChI is InChI=1S/C3H7NO2.3K.3H/c1-4-2-3(5)6;;;;;;/h4H,2H2,1H3,(H,5,6);;;;;;.